The molecule has 1 amide bonds. The highest BCUT2D eigenvalue weighted by Crippen LogP contribution is 2.46. The average Bonchev–Trinajstić information content (AvgIpc) is 2.40. The Morgan fingerprint density at radius 3 is 2.41 bits per heavy atom. The van der Waals surface area contributed by atoms with Crippen LogP contribution in [0.15, 0.2) is 18.2 Å². The van der Waals surface area contributed by atoms with E-state index in [1.165, 1.54) is 0 Å². The van der Waals surface area contributed by atoms with Gasteiger partial charge < -0.3 is 5.32 Å². The lowest BCUT2D eigenvalue weighted by atomic mass is 9.69. The van der Waals surface area contributed by atoms with Crippen molar-refractivity contribution in [3.8, 4) is 0 Å². The van der Waals surface area contributed by atoms with Crippen molar-refractivity contribution in [2.75, 3.05) is 0 Å². The van der Waals surface area contributed by atoms with E-state index in [0.29, 0.717) is 16.5 Å². The van der Waals surface area contributed by atoms with Crippen LogP contribution in [0.4, 0.5) is 0 Å². The number of benzene rings is 1. The topological polar surface area (TPSA) is 29.1 Å². The smallest absolute Gasteiger partial charge is 0.221 e. The lowest BCUT2D eigenvalue weighted by molar-refractivity contribution is -0.119. The molecule has 92 valence electrons. The van der Waals surface area contributed by atoms with E-state index in [2.05, 4.69) is 5.32 Å². The van der Waals surface area contributed by atoms with Gasteiger partial charge >= 0.3 is 0 Å². The number of carbonyl (C=O) groups is 1. The molecule has 1 aliphatic heterocycles. The van der Waals surface area contributed by atoms with Gasteiger partial charge in [0.1, 0.15) is 0 Å². The Kier molecular flexibility index (Phi) is 2.91. The van der Waals surface area contributed by atoms with Gasteiger partial charge in [0, 0.05) is 17.4 Å². The van der Waals surface area contributed by atoms with Gasteiger partial charge in [0.05, 0.1) is 10.0 Å². The summed E-state index contributed by atoms with van der Waals surface area (Å²) in [5.74, 6) is 0.0496. The lowest BCUT2D eigenvalue weighted by Gasteiger charge is -2.38. The molecule has 2 rings (SSSR count). The van der Waals surface area contributed by atoms with Gasteiger partial charge in [-0.3, -0.25) is 4.79 Å². The first-order chi connectivity index (χ1) is 7.78. The molecular weight excluding hydrogens is 257 g/mol. The third kappa shape index (κ3) is 1.84. The van der Waals surface area contributed by atoms with Crippen molar-refractivity contribution in [3.05, 3.63) is 33.8 Å². The van der Waals surface area contributed by atoms with E-state index in [9.17, 15) is 4.79 Å². The molecule has 1 aromatic carbocycles. The predicted octanol–water partition coefficient (Wildman–Crippen LogP) is 3.55. The van der Waals surface area contributed by atoms with Crippen molar-refractivity contribution in [1.82, 2.24) is 5.32 Å². The van der Waals surface area contributed by atoms with Gasteiger partial charge in [-0.25, -0.2) is 0 Å². The van der Waals surface area contributed by atoms with Crippen LogP contribution in [0.3, 0.4) is 0 Å². The van der Waals surface area contributed by atoms with Crippen LogP contribution in [-0.4, -0.2) is 11.4 Å². The Balaban J connectivity index is 2.59. The zero-order valence-corrected chi connectivity index (χ0v) is 11.6. The molecule has 1 saturated heterocycles. The Bertz CT molecular complexity index is 484. The van der Waals surface area contributed by atoms with E-state index in [4.69, 9.17) is 23.2 Å². The predicted molar refractivity (Wildman–Crippen MR) is 70.7 cm³/mol. The summed E-state index contributed by atoms with van der Waals surface area (Å²) in [7, 11) is 0. The maximum absolute atomic E-state index is 11.7. The van der Waals surface area contributed by atoms with Gasteiger partial charge in [-0.2, -0.15) is 0 Å². The summed E-state index contributed by atoms with van der Waals surface area (Å²) in [6.45, 7) is 6.06. The van der Waals surface area contributed by atoms with Gasteiger partial charge in [-0.15, -0.1) is 0 Å². The van der Waals surface area contributed by atoms with Gasteiger partial charge in [0.2, 0.25) is 5.91 Å². The summed E-state index contributed by atoms with van der Waals surface area (Å²) >= 11 is 12.3. The van der Waals surface area contributed by atoms with Crippen LogP contribution in [0.2, 0.25) is 10.0 Å². The lowest BCUT2D eigenvalue weighted by Crippen LogP contribution is -2.48. The first kappa shape index (κ1) is 12.7. The Morgan fingerprint density at radius 1 is 1.24 bits per heavy atom. The van der Waals surface area contributed by atoms with Crippen molar-refractivity contribution < 1.29 is 4.79 Å². The minimum atomic E-state index is -0.341. The molecule has 17 heavy (non-hydrogen) atoms. The molecule has 0 radical (unpaired) electrons. The Hall–Kier alpha value is -0.730. The number of hydrogen-bond acceptors (Lipinski definition) is 1. The van der Waals surface area contributed by atoms with E-state index in [1.54, 1.807) is 6.07 Å². The number of halogens is 2. The largest absolute Gasteiger partial charge is 0.350 e. The molecule has 2 nitrogen and oxygen atoms in total. The van der Waals surface area contributed by atoms with E-state index in [0.717, 1.165) is 5.56 Å². The SMILES string of the molecule is CC1(C)NC(=O)CC1(C)c1cccc(Cl)c1Cl. The number of hydrogen-bond donors (Lipinski definition) is 1. The summed E-state index contributed by atoms with van der Waals surface area (Å²) in [6.07, 6.45) is 0.431. The molecule has 0 spiro atoms. The number of amides is 1. The van der Waals surface area contributed by atoms with Gasteiger partial charge in [-0.05, 0) is 25.5 Å². The minimum Gasteiger partial charge on any atom is -0.350 e. The molecule has 0 aromatic heterocycles. The fourth-order valence-electron chi connectivity index (χ4n) is 2.43. The van der Waals surface area contributed by atoms with Crippen LogP contribution in [0.25, 0.3) is 0 Å². The zero-order chi connectivity index (χ0) is 12.8. The molecular formula is C13H15Cl2NO. The summed E-state index contributed by atoms with van der Waals surface area (Å²) < 4.78 is 0. The molecule has 1 heterocycles. The molecule has 1 unspecified atom stereocenters. The third-order valence-corrected chi connectivity index (χ3v) is 4.71. The van der Waals surface area contributed by atoms with Crippen LogP contribution in [0.1, 0.15) is 32.8 Å². The summed E-state index contributed by atoms with van der Waals surface area (Å²) in [4.78, 5) is 11.7. The second kappa shape index (κ2) is 3.89. The summed E-state index contributed by atoms with van der Waals surface area (Å²) in [5.41, 5.74) is 0.250. The molecule has 1 aromatic rings. The first-order valence-corrected chi connectivity index (χ1v) is 6.29. The van der Waals surface area contributed by atoms with E-state index in [1.807, 2.05) is 32.9 Å². The second-order valence-corrected chi connectivity index (χ2v) is 6.07. The fraction of sp³-hybridized carbons (Fsp3) is 0.462. The molecule has 0 aliphatic carbocycles. The standard InChI is InChI=1S/C13H15Cl2NO/c1-12(2)13(3,7-10(17)16-12)8-5-4-6-9(14)11(8)15/h4-6H,7H2,1-3H3,(H,16,17). The van der Waals surface area contributed by atoms with Gasteiger partial charge in [-0.1, -0.05) is 42.3 Å². The monoisotopic (exact) mass is 271 g/mol. The van der Waals surface area contributed by atoms with Crippen LogP contribution in [-0.2, 0) is 10.2 Å². The highest BCUT2D eigenvalue weighted by atomic mass is 35.5. The average molecular weight is 272 g/mol. The molecule has 1 N–H and O–H groups in total. The molecule has 0 saturated carbocycles. The fourth-order valence-corrected chi connectivity index (χ4v) is 2.94. The van der Waals surface area contributed by atoms with Crippen LogP contribution in [0, 0.1) is 0 Å². The van der Waals surface area contributed by atoms with Crippen molar-refractivity contribution in [2.45, 2.75) is 38.1 Å². The van der Waals surface area contributed by atoms with E-state index >= 15 is 0 Å². The molecule has 1 fully saturated rings. The number of carbonyl (C=O) groups excluding carboxylic acids is 1. The van der Waals surface area contributed by atoms with Crippen LogP contribution < -0.4 is 5.32 Å². The third-order valence-electron chi connectivity index (χ3n) is 3.89. The maximum Gasteiger partial charge on any atom is 0.221 e. The minimum absolute atomic E-state index is 0.0496. The molecule has 1 aliphatic rings. The zero-order valence-electron chi connectivity index (χ0n) is 10.1. The molecule has 0 bridgehead atoms. The van der Waals surface area contributed by atoms with Crippen LogP contribution >= 0.6 is 23.2 Å². The Labute approximate surface area is 111 Å². The summed E-state index contributed by atoms with van der Waals surface area (Å²) in [6, 6.07) is 5.57. The maximum atomic E-state index is 11.7. The van der Waals surface area contributed by atoms with Crippen molar-refractivity contribution in [3.63, 3.8) is 0 Å². The number of rotatable bonds is 1. The Morgan fingerprint density at radius 2 is 1.88 bits per heavy atom. The van der Waals surface area contributed by atoms with Gasteiger partial charge in [0.25, 0.3) is 0 Å². The normalized spacial score (nSPS) is 27.0. The molecule has 1 atom stereocenters. The van der Waals surface area contributed by atoms with Crippen molar-refractivity contribution in [2.24, 2.45) is 0 Å². The summed E-state index contributed by atoms with van der Waals surface area (Å²) in [5, 5.41) is 4.06. The van der Waals surface area contributed by atoms with Crippen molar-refractivity contribution >= 4 is 29.1 Å². The first-order valence-electron chi connectivity index (χ1n) is 5.53. The second-order valence-electron chi connectivity index (χ2n) is 5.28. The number of nitrogens with one attached hydrogen (secondary N) is 1. The van der Waals surface area contributed by atoms with Crippen molar-refractivity contribution in [1.29, 1.82) is 0 Å². The molecule has 4 heteroatoms. The van der Waals surface area contributed by atoms with E-state index < -0.39 is 0 Å². The quantitative estimate of drug-likeness (QED) is 0.832. The highest BCUT2D eigenvalue weighted by Gasteiger charge is 2.51. The van der Waals surface area contributed by atoms with Gasteiger partial charge in [0.15, 0.2) is 0 Å². The van der Waals surface area contributed by atoms with Crippen LogP contribution in [0.5, 0.6) is 0 Å². The highest BCUT2D eigenvalue weighted by molar-refractivity contribution is 6.42. The van der Waals surface area contributed by atoms with E-state index in [-0.39, 0.29) is 16.9 Å².